The number of carbonyl (C=O) groups is 2. The van der Waals surface area contributed by atoms with Crippen LogP contribution in [0.15, 0.2) is 65.3 Å². The molecular weight excluding hydrogens is 432 g/mol. The molecule has 0 aliphatic carbocycles. The standard InChI is InChI=1S/C27H30N2O5/c1-4-20-7-10-22(11-8-20)27(31)29(19(2)3)17-26(30)28(16-23-6-5-13-32-23)15-21-9-12-24-25(14-21)34-18-33-24/h5-14,19H,4,15-18H2,1-3H3. The highest BCUT2D eigenvalue weighted by Crippen LogP contribution is 2.33. The fourth-order valence-corrected chi connectivity index (χ4v) is 3.87. The SMILES string of the molecule is CCc1ccc(C(=O)N(CC(=O)N(Cc2ccc3c(c2)OCO3)Cc2ccco2)C(C)C)cc1. The second-order valence-electron chi connectivity index (χ2n) is 8.59. The summed E-state index contributed by atoms with van der Waals surface area (Å²) in [6.45, 7) is 6.72. The molecule has 0 radical (unpaired) electrons. The molecule has 0 unspecified atom stereocenters. The Morgan fingerprint density at radius 2 is 1.68 bits per heavy atom. The lowest BCUT2D eigenvalue weighted by Crippen LogP contribution is -2.45. The van der Waals surface area contributed by atoms with Gasteiger partial charge in [-0.05, 0) is 67.8 Å². The summed E-state index contributed by atoms with van der Waals surface area (Å²) in [7, 11) is 0. The highest BCUT2D eigenvalue weighted by molar-refractivity contribution is 5.96. The van der Waals surface area contributed by atoms with Gasteiger partial charge in [0.1, 0.15) is 12.3 Å². The Kier molecular flexibility index (Phi) is 7.21. The van der Waals surface area contributed by atoms with E-state index in [2.05, 4.69) is 6.92 Å². The molecule has 0 N–H and O–H groups in total. The van der Waals surface area contributed by atoms with E-state index in [0.29, 0.717) is 35.9 Å². The maximum atomic E-state index is 13.5. The number of hydrogen-bond acceptors (Lipinski definition) is 5. The van der Waals surface area contributed by atoms with Gasteiger partial charge >= 0.3 is 0 Å². The predicted octanol–water partition coefficient (Wildman–Crippen LogP) is 4.65. The van der Waals surface area contributed by atoms with Crippen LogP contribution in [0.4, 0.5) is 0 Å². The van der Waals surface area contributed by atoms with Crippen LogP contribution in [-0.2, 0) is 24.3 Å². The monoisotopic (exact) mass is 462 g/mol. The average Bonchev–Trinajstić information content (AvgIpc) is 3.53. The van der Waals surface area contributed by atoms with Crippen molar-refractivity contribution < 1.29 is 23.5 Å². The summed E-state index contributed by atoms with van der Waals surface area (Å²) in [6, 6.07) is 16.7. The molecule has 0 saturated carbocycles. The lowest BCUT2D eigenvalue weighted by Gasteiger charge is -2.30. The Bertz CT molecular complexity index is 1120. The molecule has 0 fully saturated rings. The Hall–Kier alpha value is -3.74. The predicted molar refractivity (Wildman–Crippen MR) is 128 cm³/mol. The van der Waals surface area contributed by atoms with Gasteiger partial charge in [0.05, 0.1) is 12.8 Å². The van der Waals surface area contributed by atoms with Crippen molar-refractivity contribution in [3.63, 3.8) is 0 Å². The first-order valence-corrected chi connectivity index (χ1v) is 11.5. The van der Waals surface area contributed by atoms with Crippen LogP contribution in [0, 0.1) is 0 Å². The van der Waals surface area contributed by atoms with Crippen LogP contribution in [0.1, 0.15) is 48.0 Å². The molecule has 1 aliphatic heterocycles. The van der Waals surface area contributed by atoms with E-state index in [1.807, 2.05) is 62.4 Å². The van der Waals surface area contributed by atoms with Crippen LogP contribution < -0.4 is 9.47 Å². The van der Waals surface area contributed by atoms with E-state index in [0.717, 1.165) is 17.5 Å². The zero-order valence-electron chi connectivity index (χ0n) is 19.8. The van der Waals surface area contributed by atoms with Gasteiger partial charge in [-0.15, -0.1) is 0 Å². The molecule has 34 heavy (non-hydrogen) atoms. The van der Waals surface area contributed by atoms with Gasteiger partial charge in [0.2, 0.25) is 12.7 Å². The normalized spacial score (nSPS) is 12.1. The fraction of sp³-hybridized carbons (Fsp3) is 0.333. The molecule has 2 aromatic carbocycles. The molecule has 0 bridgehead atoms. The van der Waals surface area contributed by atoms with Crippen molar-refractivity contribution in [2.75, 3.05) is 13.3 Å². The number of ether oxygens (including phenoxy) is 2. The van der Waals surface area contributed by atoms with Gasteiger partial charge in [-0.25, -0.2) is 0 Å². The molecule has 2 heterocycles. The van der Waals surface area contributed by atoms with Crippen molar-refractivity contribution in [3.05, 3.63) is 83.3 Å². The van der Waals surface area contributed by atoms with Crippen molar-refractivity contribution >= 4 is 11.8 Å². The topological polar surface area (TPSA) is 72.2 Å². The smallest absolute Gasteiger partial charge is 0.254 e. The summed E-state index contributed by atoms with van der Waals surface area (Å²) >= 11 is 0. The van der Waals surface area contributed by atoms with E-state index in [1.165, 1.54) is 0 Å². The van der Waals surface area contributed by atoms with E-state index < -0.39 is 0 Å². The van der Waals surface area contributed by atoms with Crippen LogP contribution in [-0.4, -0.2) is 41.0 Å². The van der Waals surface area contributed by atoms with Crippen molar-refractivity contribution in [3.8, 4) is 11.5 Å². The van der Waals surface area contributed by atoms with Gasteiger partial charge in [-0.1, -0.05) is 25.1 Å². The highest BCUT2D eigenvalue weighted by atomic mass is 16.7. The number of benzene rings is 2. The minimum atomic E-state index is -0.165. The van der Waals surface area contributed by atoms with Crippen LogP contribution in [0.5, 0.6) is 11.5 Å². The van der Waals surface area contributed by atoms with Crippen molar-refractivity contribution in [1.29, 1.82) is 0 Å². The number of amides is 2. The lowest BCUT2D eigenvalue weighted by atomic mass is 10.1. The minimum absolute atomic E-state index is 0.0305. The summed E-state index contributed by atoms with van der Waals surface area (Å²) in [5, 5.41) is 0. The molecule has 0 saturated heterocycles. The molecule has 1 aromatic heterocycles. The number of aryl methyl sites for hydroxylation is 1. The first kappa shape index (κ1) is 23.4. The van der Waals surface area contributed by atoms with Gasteiger partial charge in [0, 0.05) is 18.2 Å². The van der Waals surface area contributed by atoms with E-state index in [9.17, 15) is 9.59 Å². The molecule has 3 aromatic rings. The van der Waals surface area contributed by atoms with Gasteiger partial charge in [0.15, 0.2) is 11.5 Å². The average molecular weight is 463 g/mol. The summed E-state index contributed by atoms with van der Waals surface area (Å²) in [6.07, 6.45) is 2.49. The maximum Gasteiger partial charge on any atom is 0.254 e. The van der Waals surface area contributed by atoms with E-state index >= 15 is 0 Å². The van der Waals surface area contributed by atoms with Crippen LogP contribution in [0.2, 0.25) is 0 Å². The van der Waals surface area contributed by atoms with Crippen LogP contribution >= 0.6 is 0 Å². The zero-order valence-corrected chi connectivity index (χ0v) is 19.8. The molecule has 4 rings (SSSR count). The Labute approximate surface area is 199 Å². The summed E-state index contributed by atoms with van der Waals surface area (Å²) < 4.78 is 16.4. The van der Waals surface area contributed by atoms with Crippen LogP contribution in [0.25, 0.3) is 0 Å². The number of fused-ring (bicyclic) bond motifs is 1. The molecule has 7 heteroatoms. The quantitative estimate of drug-likeness (QED) is 0.463. The number of carbonyl (C=O) groups excluding carboxylic acids is 2. The highest BCUT2D eigenvalue weighted by Gasteiger charge is 2.26. The third kappa shape index (κ3) is 5.42. The fourth-order valence-electron chi connectivity index (χ4n) is 3.87. The van der Waals surface area contributed by atoms with Gasteiger partial charge in [-0.3, -0.25) is 9.59 Å². The Morgan fingerprint density at radius 1 is 0.941 bits per heavy atom. The van der Waals surface area contributed by atoms with Crippen molar-refractivity contribution in [1.82, 2.24) is 9.80 Å². The van der Waals surface area contributed by atoms with Crippen molar-refractivity contribution in [2.45, 2.75) is 46.3 Å². The zero-order chi connectivity index (χ0) is 24.1. The number of furan rings is 1. The Balaban J connectivity index is 1.53. The maximum absolute atomic E-state index is 13.5. The first-order chi connectivity index (χ1) is 16.4. The second-order valence-corrected chi connectivity index (χ2v) is 8.59. The number of nitrogens with zero attached hydrogens (tertiary/aromatic N) is 2. The number of rotatable bonds is 9. The molecule has 178 valence electrons. The van der Waals surface area contributed by atoms with E-state index in [4.69, 9.17) is 13.9 Å². The van der Waals surface area contributed by atoms with Gasteiger partial charge in [-0.2, -0.15) is 0 Å². The minimum Gasteiger partial charge on any atom is -0.467 e. The molecule has 1 aliphatic rings. The summed E-state index contributed by atoms with van der Waals surface area (Å²) in [5.74, 6) is 1.70. The second kappa shape index (κ2) is 10.5. The van der Waals surface area contributed by atoms with Gasteiger partial charge < -0.3 is 23.7 Å². The summed E-state index contributed by atoms with van der Waals surface area (Å²) in [5.41, 5.74) is 2.64. The number of hydrogen-bond donors (Lipinski definition) is 0. The van der Waals surface area contributed by atoms with Crippen LogP contribution in [0.3, 0.4) is 0 Å². The Morgan fingerprint density at radius 3 is 2.35 bits per heavy atom. The van der Waals surface area contributed by atoms with E-state index in [-0.39, 0.29) is 31.2 Å². The third-order valence-electron chi connectivity index (χ3n) is 5.89. The summed E-state index contributed by atoms with van der Waals surface area (Å²) in [4.78, 5) is 30.0. The largest absolute Gasteiger partial charge is 0.467 e. The molecule has 0 atom stereocenters. The molecule has 2 amide bonds. The van der Waals surface area contributed by atoms with Gasteiger partial charge in [0.25, 0.3) is 5.91 Å². The van der Waals surface area contributed by atoms with E-state index in [1.54, 1.807) is 22.1 Å². The third-order valence-corrected chi connectivity index (χ3v) is 5.89. The molecular formula is C27H30N2O5. The molecule has 7 nitrogen and oxygen atoms in total. The lowest BCUT2D eigenvalue weighted by molar-refractivity contribution is -0.133. The van der Waals surface area contributed by atoms with Crippen molar-refractivity contribution in [2.24, 2.45) is 0 Å². The molecule has 0 spiro atoms. The first-order valence-electron chi connectivity index (χ1n) is 11.5.